The van der Waals surface area contributed by atoms with Crippen LogP contribution in [0.4, 0.5) is 5.00 Å². The fourth-order valence-corrected chi connectivity index (χ4v) is 2.74. The lowest BCUT2D eigenvalue weighted by Crippen LogP contribution is -2.07. The lowest BCUT2D eigenvalue weighted by molar-refractivity contribution is -0.114. The second kappa shape index (κ2) is 4.67. The van der Waals surface area contributed by atoms with Gasteiger partial charge in [-0.3, -0.25) is 4.79 Å². The number of carbonyl (C=O) groups excluding carboxylic acids is 1. The summed E-state index contributed by atoms with van der Waals surface area (Å²) in [5.41, 5.74) is 0.741. The van der Waals surface area contributed by atoms with Gasteiger partial charge in [-0.2, -0.15) is 5.26 Å². The van der Waals surface area contributed by atoms with Crippen LogP contribution in [0.1, 0.15) is 38.1 Å². The first-order chi connectivity index (χ1) is 7.31. The van der Waals surface area contributed by atoms with E-state index in [0.717, 1.165) is 11.3 Å². The minimum Gasteiger partial charge on any atom is -0.317 e. The predicted octanol–water partition coefficient (Wildman–Crippen LogP) is 3.17. The maximum absolute atomic E-state index is 11.0. The number of hydrogen-bond acceptors (Lipinski definition) is 3. The zero-order chi connectivity index (χ0) is 12.3. The summed E-state index contributed by atoms with van der Waals surface area (Å²) in [6, 6.07) is 3.97. The van der Waals surface area contributed by atoms with E-state index in [9.17, 15) is 4.79 Å². The summed E-state index contributed by atoms with van der Waals surface area (Å²) in [6.07, 6.45) is 0.909. The summed E-state index contributed by atoms with van der Waals surface area (Å²) in [5, 5.41) is 12.3. The largest absolute Gasteiger partial charge is 0.317 e. The molecule has 0 radical (unpaired) electrons. The van der Waals surface area contributed by atoms with Crippen LogP contribution < -0.4 is 5.32 Å². The summed E-state index contributed by atoms with van der Waals surface area (Å²) in [7, 11) is 0. The maximum atomic E-state index is 11.0. The Hall–Kier alpha value is -1.34. The molecule has 0 spiro atoms. The molecule has 0 aromatic carbocycles. The lowest BCUT2D eigenvalue weighted by Gasteiger charge is -2.16. The highest BCUT2D eigenvalue weighted by molar-refractivity contribution is 7.16. The molecule has 1 aromatic heterocycles. The molecule has 0 bridgehead atoms. The number of thiophene rings is 1. The molecule has 86 valence electrons. The minimum atomic E-state index is -0.138. The molecule has 0 fully saturated rings. The van der Waals surface area contributed by atoms with E-state index in [4.69, 9.17) is 5.26 Å². The zero-order valence-electron chi connectivity index (χ0n) is 10.0. The van der Waals surface area contributed by atoms with Crippen molar-refractivity contribution in [1.29, 1.82) is 5.26 Å². The van der Waals surface area contributed by atoms with Crippen molar-refractivity contribution in [2.75, 3.05) is 5.32 Å². The van der Waals surface area contributed by atoms with E-state index < -0.39 is 0 Å². The molecule has 4 heteroatoms. The summed E-state index contributed by atoms with van der Waals surface area (Å²) in [4.78, 5) is 12.1. The molecule has 1 aromatic rings. The van der Waals surface area contributed by atoms with E-state index in [1.165, 1.54) is 18.3 Å². The van der Waals surface area contributed by atoms with E-state index in [1.807, 2.05) is 6.07 Å². The Balaban J connectivity index is 2.95. The normalized spacial score (nSPS) is 10.9. The molecule has 0 saturated heterocycles. The maximum Gasteiger partial charge on any atom is 0.221 e. The molecule has 0 aliphatic carbocycles. The quantitative estimate of drug-likeness (QED) is 0.857. The van der Waals surface area contributed by atoms with Crippen LogP contribution in [0.5, 0.6) is 0 Å². The first kappa shape index (κ1) is 12.7. The summed E-state index contributed by atoms with van der Waals surface area (Å²) in [6.45, 7) is 7.90. The third-order valence-electron chi connectivity index (χ3n) is 1.90. The van der Waals surface area contributed by atoms with Crippen LogP contribution in [-0.4, -0.2) is 5.91 Å². The molecule has 1 amide bonds. The van der Waals surface area contributed by atoms with Gasteiger partial charge in [0.15, 0.2) is 0 Å². The van der Waals surface area contributed by atoms with E-state index in [0.29, 0.717) is 10.6 Å². The molecule has 0 aliphatic rings. The Labute approximate surface area is 100 Å². The van der Waals surface area contributed by atoms with Gasteiger partial charge in [-0.05, 0) is 17.9 Å². The second-order valence-corrected chi connectivity index (χ2v) is 6.12. The SMILES string of the molecule is CC(=O)Nc1sc(CC(C)(C)C)cc1C#N. The summed E-state index contributed by atoms with van der Waals surface area (Å²) in [5.74, 6) is -0.138. The van der Waals surface area contributed by atoms with Crippen LogP contribution in [-0.2, 0) is 11.2 Å². The molecular formula is C12H16N2OS. The van der Waals surface area contributed by atoms with Crippen molar-refractivity contribution in [2.45, 2.75) is 34.1 Å². The Kier molecular flexibility index (Phi) is 3.71. The number of hydrogen-bond donors (Lipinski definition) is 1. The van der Waals surface area contributed by atoms with E-state index in [-0.39, 0.29) is 11.3 Å². The van der Waals surface area contributed by atoms with Crippen LogP contribution in [0.15, 0.2) is 6.07 Å². The number of nitrogens with zero attached hydrogens (tertiary/aromatic N) is 1. The van der Waals surface area contributed by atoms with E-state index in [1.54, 1.807) is 0 Å². The van der Waals surface area contributed by atoms with Gasteiger partial charge >= 0.3 is 0 Å². The van der Waals surface area contributed by atoms with Gasteiger partial charge in [0.2, 0.25) is 5.91 Å². The smallest absolute Gasteiger partial charge is 0.221 e. The van der Waals surface area contributed by atoms with Crippen LogP contribution in [0, 0.1) is 16.7 Å². The number of anilines is 1. The predicted molar refractivity (Wildman–Crippen MR) is 66.5 cm³/mol. The van der Waals surface area contributed by atoms with Gasteiger partial charge in [0, 0.05) is 11.8 Å². The van der Waals surface area contributed by atoms with E-state index in [2.05, 4.69) is 32.2 Å². The second-order valence-electron chi connectivity index (χ2n) is 4.99. The molecule has 16 heavy (non-hydrogen) atoms. The molecule has 0 saturated carbocycles. The van der Waals surface area contributed by atoms with Crippen LogP contribution in [0.25, 0.3) is 0 Å². The molecule has 0 aliphatic heterocycles. The fraction of sp³-hybridized carbons (Fsp3) is 0.500. The van der Waals surface area contributed by atoms with Crippen LogP contribution in [0.3, 0.4) is 0 Å². The van der Waals surface area contributed by atoms with Crippen LogP contribution >= 0.6 is 11.3 Å². The van der Waals surface area contributed by atoms with E-state index >= 15 is 0 Å². The highest BCUT2D eigenvalue weighted by Gasteiger charge is 2.16. The Morgan fingerprint density at radius 2 is 2.19 bits per heavy atom. The molecule has 0 atom stereocenters. The zero-order valence-corrected chi connectivity index (χ0v) is 10.9. The highest BCUT2D eigenvalue weighted by Crippen LogP contribution is 2.32. The molecular weight excluding hydrogens is 220 g/mol. The van der Waals surface area contributed by atoms with Crippen molar-refractivity contribution < 1.29 is 4.79 Å². The molecule has 0 unspecified atom stereocenters. The molecule has 3 nitrogen and oxygen atoms in total. The number of rotatable bonds is 2. The lowest BCUT2D eigenvalue weighted by atomic mass is 9.91. The first-order valence-electron chi connectivity index (χ1n) is 5.12. The van der Waals surface area contributed by atoms with Crippen molar-refractivity contribution >= 4 is 22.2 Å². The van der Waals surface area contributed by atoms with Crippen molar-refractivity contribution in [3.63, 3.8) is 0 Å². The number of nitrogens with one attached hydrogen (secondary N) is 1. The number of amides is 1. The highest BCUT2D eigenvalue weighted by atomic mass is 32.1. The van der Waals surface area contributed by atoms with Crippen molar-refractivity contribution in [3.05, 3.63) is 16.5 Å². The summed E-state index contributed by atoms with van der Waals surface area (Å²) >= 11 is 1.48. The van der Waals surface area contributed by atoms with Crippen molar-refractivity contribution in [2.24, 2.45) is 5.41 Å². The van der Waals surface area contributed by atoms with Gasteiger partial charge in [0.1, 0.15) is 11.1 Å². The average molecular weight is 236 g/mol. The molecule has 1 heterocycles. The van der Waals surface area contributed by atoms with Gasteiger partial charge in [-0.1, -0.05) is 20.8 Å². The van der Waals surface area contributed by atoms with Crippen molar-refractivity contribution in [3.8, 4) is 6.07 Å². The third kappa shape index (κ3) is 3.67. The Bertz CT molecular complexity index is 435. The van der Waals surface area contributed by atoms with Crippen LogP contribution in [0.2, 0.25) is 0 Å². The Morgan fingerprint density at radius 3 is 2.62 bits per heavy atom. The summed E-state index contributed by atoms with van der Waals surface area (Å²) < 4.78 is 0. The molecule has 1 N–H and O–H groups in total. The molecule has 1 rings (SSSR count). The van der Waals surface area contributed by atoms with Gasteiger partial charge in [-0.15, -0.1) is 11.3 Å². The van der Waals surface area contributed by atoms with Gasteiger partial charge in [0.05, 0.1) is 5.56 Å². The minimum absolute atomic E-state index is 0.138. The van der Waals surface area contributed by atoms with Gasteiger partial charge in [-0.25, -0.2) is 0 Å². The Morgan fingerprint density at radius 1 is 1.56 bits per heavy atom. The van der Waals surface area contributed by atoms with Crippen molar-refractivity contribution in [1.82, 2.24) is 0 Å². The van der Waals surface area contributed by atoms with Gasteiger partial charge in [0.25, 0.3) is 0 Å². The van der Waals surface area contributed by atoms with Gasteiger partial charge < -0.3 is 5.32 Å². The fourth-order valence-electron chi connectivity index (χ4n) is 1.39. The number of nitriles is 1. The third-order valence-corrected chi connectivity index (χ3v) is 2.95. The standard InChI is InChI=1S/C12H16N2OS/c1-8(15)14-11-9(7-13)5-10(16-11)6-12(2,3)4/h5H,6H2,1-4H3,(H,14,15). The average Bonchev–Trinajstić information content (AvgIpc) is 2.42. The number of carbonyl (C=O) groups is 1. The topological polar surface area (TPSA) is 52.9 Å². The monoisotopic (exact) mass is 236 g/mol. The first-order valence-corrected chi connectivity index (χ1v) is 5.94.